The van der Waals surface area contributed by atoms with E-state index in [4.69, 9.17) is 11.6 Å². The van der Waals surface area contributed by atoms with E-state index in [0.29, 0.717) is 11.1 Å². The molecule has 3 heteroatoms. The molecule has 1 heterocycles. The van der Waals surface area contributed by atoms with Crippen LogP contribution in [0.5, 0.6) is 0 Å². The van der Waals surface area contributed by atoms with Gasteiger partial charge in [0.2, 0.25) is 0 Å². The van der Waals surface area contributed by atoms with Gasteiger partial charge < -0.3 is 0 Å². The summed E-state index contributed by atoms with van der Waals surface area (Å²) in [4.78, 5) is 16.1. The molecular formula is C14H12ClNO. The molecule has 0 saturated heterocycles. The lowest BCUT2D eigenvalue weighted by Gasteiger charge is -2.04. The molecule has 1 aromatic carbocycles. The summed E-state index contributed by atoms with van der Waals surface area (Å²) < 4.78 is 0. The van der Waals surface area contributed by atoms with E-state index < -0.39 is 0 Å². The maximum absolute atomic E-state index is 12.2. The Morgan fingerprint density at radius 1 is 1.29 bits per heavy atom. The molecule has 1 aromatic heterocycles. The van der Waals surface area contributed by atoms with Gasteiger partial charge in [-0.3, -0.25) is 4.79 Å². The number of carbonyl (C=O) groups is 1. The van der Waals surface area contributed by atoms with Crippen LogP contribution in [0.15, 0.2) is 42.6 Å². The van der Waals surface area contributed by atoms with E-state index in [2.05, 4.69) is 11.9 Å². The molecule has 17 heavy (non-hydrogen) atoms. The first-order valence-corrected chi connectivity index (χ1v) is 5.84. The van der Waals surface area contributed by atoms with E-state index in [1.807, 2.05) is 18.2 Å². The fraction of sp³-hybridized carbons (Fsp3) is 0.143. The molecule has 2 aromatic rings. The van der Waals surface area contributed by atoms with Gasteiger partial charge in [0.05, 0.1) is 5.56 Å². The van der Waals surface area contributed by atoms with Gasteiger partial charge in [0.15, 0.2) is 5.78 Å². The van der Waals surface area contributed by atoms with Crippen LogP contribution in [0.25, 0.3) is 0 Å². The number of nitrogens with zero attached hydrogens (tertiary/aromatic N) is 1. The molecule has 0 spiro atoms. The monoisotopic (exact) mass is 245 g/mol. The van der Waals surface area contributed by atoms with Crippen molar-refractivity contribution in [2.45, 2.75) is 13.3 Å². The van der Waals surface area contributed by atoms with Crippen LogP contribution in [0, 0.1) is 0 Å². The van der Waals surface area contributed by atoms with Gasteiger partial charge in [-0.2, -0.15) is 0 Å². The van der Waals surface area contributed by atoms with Crippen LogP contribution in [0.1, 0.15) is 28.4 Å². The van der Waals surface area contributed by atoms with E-state index >= 15 is 0 Å². The van der Waals surface area contributed by atoms with Gasteiger partial charge in [0.25, 0.3) is 0 Å². The van der Waals surface area contributed by atoms with Crippen molar-refractivity contribution in [3.8, 4) is 0 Å². The maximum atomic E-state index is 12.2. The Kier molecular flexibility index (Phi) is 3.55. The molecule has 2 rings (SSSR count). The molecule has 0 unspecified atom stereocenters. The second-order valence-corrected chi connectivity index (χ2v) is 4.08. The van der Waals surface area contributed by atoms with Crippen LogP contribution in [-0.4, -0.2) is 10.8 Å². The van der Waals surface area contributed by atoms with Crippen molar-refractivity contribution in [1.82, 2.24) is 4.98 Å². The standard InChI is InChI=1S/C14H12ClNO/c1-2-10-5-3-6-11(9-10)13(17)12-7-4-8-16-14(12)15/h3-9H,2H2,1H3. The summed E-state index contributed by atoms with van der Waals surface area (Å²) in [6.45, 7) is 2.06. The van der Waals surface area contributed by atoms with Crippen molar-refractivity contribution in [1.29, 1.82) is 0 Å². The van der Waals surface area contributed by atoms with Gasteiger partial charge in [0, 0.05) is 11.8 Å². The number of hydrogen-bond donors (Lipinski definition) is 0. The summed E-state index contributed by atoms with van der Waals surface area (Å²) >= 11 is 5.91. The molecular weight excluding hydrogens is 234 g/mol. The molecule has 0 atom stereocenters. The third-order valence-corrected chi connectivity index (χ3v) is 2.90. The summed E-state index contributed by atoms with van der Waals surface area (Å²) in [7, 11) is 0. The Hall–Kier alpha value is -1.67. The van der Waals surface area contributed by atoms with Crippen molar-refractivity contribution in [3.63, 3.8) is 0 Å². The Bertz CT molecular complexity index is 551. The van der Waals surface area contributed by atoms with E-state index in [9.17, 15) is 4.79 Å². The zero-order valence-electron chi connectivity index (χ0n) is 9.48. The van der Waals surface area contributed by atoms with Crippen LogP contribution >= 0.6 is 11.6 Å². The summed E-state index contributed by atoms with van der Waals surface area (Å²) in [5.74, 6) is -0.0848. The molecule has 0 bridgehead atoms. The highest BCUT2D eigenvalue weighted by Crippen LogP contribution is 2.17. The molecule has 2 nitrogen and oxygen atoms in total. The molecule has 0 aliphatic heterocycles. The lowest BCUT2D eigenvalue weighted by atomic mass is 10.0. The SMILES string of the molecule is CCc1cccc(C(=O)c2cccnc2Cl)c1. The number of pyridine rings is 1. The highest BCUT2D eigenvalue weighted by molar-refractivity contribution is 6.33. The quantitative estimate of drug-likeness (QED) is 0.612. The summed E-state index contributed by atoms with van der Waals surface area (Å²) in [6.07, 6.45) is 2.48. The molecule has 0 radical (unpaired) electrons. The summed E-state index contributed by atoms with van der Waals surface area (Å²) in [6, 6.07) is 11.0. The maximum Gasteiger partial charge on any atom is 0.196 e. The number of rotatable bonds is 3. The second-order valence-electron chi connectivity index (χ2n) is 3.72. The number of aromatic nitrogens is 1. The molecule has 0 saturated carbocycles. The Balaban J connectivity index is 2.40. The van der Waals surface area contributed by atoms with Crippen LogP contribution in [0.2, 0.25) is 5.15 Å². The predicted molar refractivity (Wildman–Crippen MR) is 68.5 cm³/mol. The first-order chi connectivity index (χ1) is 8.22. The highest BCUT2D eigenvalue weighted by Gasteiger charge is 2.13. The van der Waals surface area contributed by atoms with E-state index in [0.717, 1.165) is 12.0 Å². The van der Waals surface area contributed by atoms with Crippen molar-refractivity contribution < 1.29 is 4.79 Å². The fourth-order valence-corrected chi connectivity index (χ4v) is 1.85. The number of aryl methyl sites for hydroxylation is 1. The Morgan fingerprint density at radius 2 is 2.12 bits per heavy atom. The van der Waals surface area contributed by atoms with Crippen LogP contribution in [-0.2, 0) is 6.42 Å². The van der Waals surface area contributed by atoms with Gasteiger partial charge in [-0.05, 0) is 30.2 Å². The van der Waals surface area contributed by atoms with Crippen LogP contribution in [0.4, 0.5) is 0 Å². The van der Waals surface area contributed by atoms with E-state index in [1.54, 1.807) is 24.4 Å². The predicted octanol–water partition coefficient (Wildman–Crippen LogP) is 3.53. The van der Waals surface area contributed by atoms with Gasteiger partial charge in [0.1, 0.15) is 5.15 Å². The zero-order valence-corrected chi connectivity index (χ0v) is 10.2. The normalized spacial score (nSPS) is 10.2. The Morgan fingerprint density at radius 3 is 2.82 bits per heavy atom. The average Bonchev–Trinajstić information content (AvgIpc) is 2.38. The van der Waals surface area contributed by atoms with Crippen molar-refractivity contribution in [3.05, 3.63) is 64.4 Å². The zero-order chi connectivity index (χ0) is 12.3. The smallest absolute Gasteiger partial charge is 0.196 e. The number of carbonyl (C=O) groups excluding carboxylic acids is 1. The van der Waals surface area contributed by atoms with Crippen LogP contribution < -0.4 is 0 Å². The molecule has 0 N–H and O–H groups in total. The van der Waals surface area contributed by atoms with Gasteiger partial charge in [-0.1, -0.05) is 36.7 Å². The minimum absolute atomic E-state index is 0.0848. The largest absolute Gasteiger partial charge is 0.288 e. The highest BCUT2D eigenvalue weighted by atomic mass is 35.5. The van der Waals surface area contributed by atoms with Crippen molar-refractivity contribution in [2.24, 2.45) is 0 Å². The molecule has 86 valence electrons. The van der Waals surface area contributed by atoms with E-state index in [-0.39, 0.29) is 10.9 Å². The minimum Gasteiger partial charge on any atom is -0.288 e. The first-order valence-electron chi connectivity index (χ1n) is 5.46. The third kappa shape index (κ3) is 2.53. The summed E-state index contributed by atoms with van der Waals surface area (Å²) in [5.41, 5.74) is 2.23. The fourth-order valence-electron chi connectivity index (χ4n) is 1.64. The number of hydrogen-bond acceptors (Lipinski definition) is 2. The Labute approximate surface area is 105 Å². The first kappa shape index (κ1) is 11.8. The minimum atomic E-state index is -0.0848. The van der Waals surface area contributed by atoms with Gasteiger partial charge in [-0.15, -0.1) is 0 Å². The lowest BCUT2D eigenvalue weighted by Crippen LogP contribution is -2.03. The van der Waals surface area contributed by atoms with E-state index in [1.165, 1.54) is 0 Å². The number of benzene rings is 1. The lowest BCUT2D eigenvalue weighted by molar-refractivity contribution is 0.103. The molecule has 0 aliphatic rings. The molecule has 0 fully saturated rings. The van der Waals surface area contributed by atoms with Crippen molar-refractivity contribution >= 4 is 17.4 Å². The third-order valence-electron chi connectivity index (χ3n) is 2.60. The average molecular weight is 246 g/mol. The van der Waals surface area contributed by atoms with Crippen LogP contribution in [0.3, 0.4) is 0 Å². The topological polar surface area (TPSA) is 30.0 Å². The van der Waals surface area contributed by atoms with Gasteiger partial charge in [-0.25, -0.2) is 4.98 Å². The molecule has 0 aliphatic carbocycles. The molecule has 0 amide bonds. The number of ketones is 1. The number of halogens is 1. The second kappa shape index (κ2) is 5.11. The summed E-state index contributed by atoms with van der Waals surface area (Å²) in [5, 5.41) is 0.249. The van der Waals surface area contributed by atoms with Gasteiger partial charge >= 0.3 is 0 Å². The van der Waals surface area contributed by atoms with Crippen molar-refractivity contribution in [2.75, 3.05) is 0 Å².